The molecule has 0 bridgehead atoms. The number of rotatable bonds is 5. The largest absolute Gasteiger partial charge is 0.490 e. The molecule has 2 aromatic rings. The van der Waals surface area contributed by atoms with E-state index in [0.717, 1.165) is 23.8 Å². The summed E-state index contributed by atoms with van der Waals surface area (Å²) in [5.74, 6) is 1.66. The van der Waals surface area contributed by atoms with Gasteiger partial charge in [-0.25, -0.2) is 4.98 Å². The second-order valence-electron chi connectivity index (χ2n) is 5.47. The number of nitrogens with zero attached hydrogens (tertiary/aromatic N) is 1. The Hall–Kier alpha value is -1.35. The van der Waals surface area contributed by atoms with Crippen molar-refractivity contribution < 1.29 is 4.74 Å². The normalized spacial score (nSPS) is 17.2. The Morgan fingerprint density at radius 2 is 2.00 bits per heavy atom. The molecule has 0 aliphatic heterocycles. The molecule has 1 aromatic carbocycles. The zero-order valence-corrected chi connectivity index (χ0v) is 12.4. The molecule has 3 heteroatoms. The van der Waals surface area contributed by atoms with Crippen molar-refractivity contribution in [1.82, 2.24) is 4.98 Å². The summed E-state index contributed by atoms with van der Waals surface area (Å²) in [6.07, 6.45) is 6.09. The summed E-state index contributed by atoms with van der Waals surface area (Å²) >= 11 is 1.61. The predicted octanol–water partition coefficient (Wildman–Crippen LogP) is 4.62. The molecule has 1 aromatic heterocycles. The smallest absolute Gasteiger partial charge is 0.119 e. The number of hydrogen-bond acceptors (Lipinski definition) is 3. The van der Waals surface area contributed by atoms with Gasteiger partial charge in [0.25, 0.3) is 0 Å². The average molecular weight is 286 g/mol. The fourth-order valence-electron chi connectivity index (χ4n) is 2.88. The molecule has 1 aliphatic carbocycles. The molecule has 1 atom stereocenters. The second-order valence-corrected chi connectivity index (χ2v) is 6.19. The highest BCUT2D eigenvalue weighted by Crippen LogP contribution is 2.34. The fourth-order valence-corrected chi connectivity index (χ4v) is 3.45. The van der Waals surface area contributed by atoms with Crippen LogP contribution in [0.3, 0.4) is 0 Å². The first-order valence-corrected chi connectivity index (χ1v) is 8.22. The van der Waals surface area contributed by atoms with Crippen LogP contribution >= 0.6 is 11.3 Å². The van der Waals surface area contributed by atoms with E-state index in [2.05, 4.69) is 36.2 Å². The van der Waals surface area contributed by atoms with Crippen molar-refractivity contribution in [2.45, 2.75) is 44.1 Å². The first-order valence-electron chi connectivity index (χ1n) is 7.28. The van der Waals surface area contributed by atoms with Gasteiger partial charge >= 0.3 is 0 Å². The summed E-state index contributed by atoms with van der Waals surface area (Å²) in [4.78, 5) is 4.26. The van der Waals surface area contributed by atoms with E-state index in [1.807, 2.05) is 10.9 Å². The summed E-state index contributed by atoms with van der Waals surface area (Å²) in [7, 11) is 0. The number of benzene rings is 1. The van der Waals surface area contributed by atoms with Crippen molar-refractivity contribution in [2.24, 2.45) is 0 Å². The number of hydrogen-bond donors (Lipinski definition) is 0. The molecule has 0 N–H and O–H groups in total. The van der Waals surface area contributed by atoms with E-state index >= 15 is 0 Å². The Morgan fingerprint density at radius 3 is 2.65 bits per heavy atom. The van der Waals surface area contributed by atoms with Crippen molar-refractivity contribution in [3.63, 3.8) is 0 Å². The predicted molar refractivity (Wildman–Crippen MR) is 83.2 cm³/mol. The monoisotopic (exact) mass is 286 g/mol. The van der Waals surface area contributed by atoms with Gasteiger partial charge in [0.05, 0.1) is 11.2 Å². The molecule has 1 radical (unpaired) electrons. The third kappa shape index (κ3) is 3.40. The van der Waals surface area contributed by atoms with E-state index in [4.69, 9.17) is 4.74 Å². The zero-order valence-electron chi connectivity index (χ0n) is 11.6. The van der Waals surface area contributed by atoms with E-state index < -0.39 is 0 Å². The molecule has 20 heavy (non-hydrogen) atoms. The molecule has 1 heterocycles. The molecule has 2 nitrogen and oxygen atoms in total. The number of ether oxygens (including phenoxy) is 1. The van der Waals surface area contributed by atoms with Crippen LogP contribution in [0.25, 0.3) is 0 Å². The Bertz CT molecular complexity index is 514. The van der Waals surface area contributed by atoms with Gasteiger partial charge in [-0.05, 0) is 43.4 Å². The molecular weight excluding hydrogens is 266 g/mol. The van der Waals surface area contributed by atoms with Crippen LogP contribution < -0.4 is 4.74 Å². The van der Waals surface area contributed by atoms with Crippen LogP contribution in [-0.4, -0.2) is 11.1 Å². The molecule has 1 fully saturated rings. The highest BCUT2D eigenvalue weighted by Gasteiger charge is 2.16. The Balaban J connectivity index is 1.57. The SMILES string of the molecule is [CH2]C(Cc1cscn1)Oc1ccc(C2CCCC2)cc1. The van der Waals surface area contributed by atoms with Crippen LogP contribution in [0.4, 0.5) is 0 Å². The average Bonchev–Trinajstić information content (AvgIpc) is 3.12. The maximum atomic E-state index is 5.86. The van der Waals surface area contributed by atoms with Gasteiger partial charge in [0.2, 0.25) is 0 Å². The molecule has 1 saturated carbocycles. The Morgan fingerprint density at radius 1 is 1.25 bits per heavy atom. The molecule has 1 aliphatic rings. The van der Waals surface area contributed by atoms with Gasteiger partial charge in [0.15, 0.2) is 0 Å². The Kier molecular flexibility index (Phi) is 4.36. The third-order valence-corrected chi connectivity index (χ3v) is 4.56. The second kappa shape index (κ2) is 6.40. The van der Waals surface area contributed by atoms with Crippen LogP contribution in [0, 0.1) is 6.92 Å². The van der Waals surface area contributed by atoms with Crippen molar-refractivity contribution in [1.29, 1.82) is 0 Å². The first kappa shape index (κ1) is 13.6. The van der Waals surface area contributed by atoms with Crippen LogP contribution in [0.15, 0.2) is 35.2 Å². The van der Waals surface area contributed by atoms with Gasteiger partial charge < -0.3 is 4.74 Å². The maximum absolute atomic E-state index is 5.86. The third-order valence-electron chi connectivity index (χ3n) is 3.93. The maximum Gasteiger partial charge on any atom is 0.119 e. The molecule has 0 spiro atoms. The van der Waals surface area contributed by atoms with Crippen molar-refractivity contribution in [3.05, 3.63) is 53.3 Å². The quantitative estimate of drug-likeness (QED) is 0.800. The lowest BCUT2D eigenvalue weighted by Crippen LogP contribution is -2.15. The van der Waals surface area contributed by atoms with Gasteiger partial charge in [-0.15, -0.1) is 11.3 Å². The molecule has 3 rings (SSSR count). The molecule has 105 valence electrons. The minimum absolute atomic E-state index is 0.0885. The first-order chi connectivity index (χ1) is 9.81. The van der Waals surface area contributed by atoms with E-state index in [9.17, 15) is 0 Å². The van der Waals surface area contributed by atoms with Gasteiger partial charge in [-0.1, -0.05) is 25.0 Å². The fraction of sp³-hybridized carbons (Fsp3) is 0.412. The van der Waals surface area contributed by atoms with Crippen LogP contribution in [-0.2, 0) is 6.42 Å². The van der Waals surface area contributed by atoms with E-state index in [-0.39, 0.29) is 6.10 Å². The van der Waals surface area contributed by atoms with Gasteiger partial charge in [-0.2, -0.15) is 0 Å². The summed E-state index contributed by atoms with van der Waals surface area (Å²) in [5.41, 5.74) is 4.35. The summed E-state index contributed by atoms with van der Waals surface area (Å²) in [6, 6.07) is 8.57. The lowest BCUT2D eigenvalue weighted by molar-refractivity contribution is 0.246. The number of thiazole rings is 1. The lowest BCUT2D eigenvalue weighted by Gasteiger charge is -2.15. The molecule has 0 saturated heterocycles. The Labute approximate surface area is 124 Å². The lowest BCUT2D eigenvalue weighted by atomic mass is 9.98. The highest BCUT2D eigenvalue weighted by molar-refractivity contribution is 7.07. The van der Waals surface area contributed by atoms with E-state index in [1.54, 1.807) is 11.3 Å². The topological polar surface area (TPSA) is 22.1 Å². The molecule has 1 unspecified atom stereocenters. The van der Waals surface area contributed by atoms with E-state index in [0.29, 0.717) is 0 Å². The van der Waals surface area contributed by atoms with Crippen molar-refractivity contribution in [2.75, 3.05) is 0 Å². The summed E-state index contributed by atoms with van der Waals surface area (Å²) in [5, 5.41) is 2.05. The summed E-state index contributed by atoms with van der Waals surface area (Å²) in [6.45, 7) is 4.05. The summed E-state index contributed by atoms with van der Waals surface area (Å²) < 4.78 is 5.86. The van der Waals surface area contributed by atoms with E-state index in [1.165, 1.54) is 31.2 Å². The van der Waals surface area contributed by atoms with Crippen molar-refractivity contribution in [3.8, 4) is 5.75 Å². The minimum Gasteiger partial charge on any atom is -0.490 e. The molecule has 0 amide bonds. The van der Waals surface area contributed by atoms with Gasteiger partial charge in [-0.3, -0.25) is 0 Å². The van der Waals surface area contributed by atoms with Crippen LogP contribution in [0.2, 0.25) is 0 Å². The highest BCUT2D eigenvalue weighted by atomic mass is 32.1. The zero-order chi connectivity index (χ0) is 13.8. The van der Waals surface area contributed by atoms with Gasteiger partial charge in [0, 0.05) is 11.8 Å². The van der Waals surface area contributed by atoms with Gasteiger partial charge in [0.1, 0.15) is 11.9 Å². The number of aromatic nitrogens is 1. The van der Waals surface area contributed by atoms with Crippen molar-refractivity contribution >= 4 is 11.3 Å². The van der Waals surface area contributed by atoms with Crippen LogP contribution in [0.1, 0.15) is 42.9 Å². The minimum atomic E-state index is -0.0885. The molecular formula is C17H20NOS. The van der Waals surface area contributed by atoms with Crippen LogP contribution in [0.5, 0.6) is 5.75 Å². The standard InChI is InChI=1S/C17H20NOS/c1-13(10-16-11-20-12-18-16)19-17-8-6-15(7-9-17)14-4-2-3-5-14/h6-9,11-14H,1-5,10H2.